The average molecular weight is 502 g/mol. The van der Waals surface area contributed by atoms with Crippen molar-refractivity contribution < 1.29 is 22.7 Å². The van der Waals surface area contributed by atoms with E-state index in [1.54, 1.807) is 42.8 Å². The van der Waals surface area contributed by atoms with Gasteiger partial charge in [0.2, 0.25) is 11.5 Å². The second kappa shape index (κ2) is 8.06. The third-order valence-corrected chi connectivity index (χ3v) is 6.89. The van der Waals surface area contributed by atoms with Gasteiger partial charge in [-0.2, -0.15) is 28.4 Å². The Bertz CT molecular complexity index is 1530. The number of benzene rings is 3. The lowest BCUT2D eigenvalue weighted by molar-refractivity contribution is -0.137. The van der Waals surface area contributed by atoms with Gasteiger partial charge in [-0.3, -0.25) is 4.79 Å². The number of carbonyl (C=O) groups excluding carboxylic acids is 1. The molecule has 2 aliphatic heterocycles. The smallest absolute Gasteiger partial charge is 0.416 e. The molecule has 9 heteroatoms. The van der Waals surface area contributed by atoms with Crippen molar-refractivity contribution in [2.75, 3.05) is 5.01 Å². The molecule has 6 rings (SSSR count). The normalized spacial score (nSPS) is 20.8. The van der Waals surface area contributed by atoms with Crippen LogP contribution in [0.2, 0.25) is 0 Å². The Hall–Kier alpha value is -4.40. The van der Waals surface area contributed by atoms with Crippen LogP contribution in [0.3, 0.4) is 0 Å². The van der Waals surface area contributed by atoms with E-state index in [1.165, 1.54) is 17.1 Å². The van der Waals surface area contributed by atoms with Gasteiger partial charge in [-0.25, -0.2) is 4.68 Å². The molecule has 0 bridgehead atoms. The lowest BCUT2D eigenvalue weighted by Gasteiger charge is -2.30. The number of hydrazone groups is 1. The summed E-state index contributed by atoms with van der Waals surface area (Å²) in [5, 5.41) is 10.5. The summed E-state index contributed by atoms with van der Waals surface area (Å²) in [7, 11) is 0. The molecule has 2 aliphatic rings. The maximum absolute atomic E-state index is 14.2. The van der Waals surface area contributed by atoms with E-state index in [-0.39, 0.29) is 0 Å². The van der Waals surface area contributed by atoms with Crippen molar-refractivity contribution in [2.24, 2.45) is 5.10 Å². The molecule has 1 amide bonds. The van der Waals surface area contributed by atoms with E-state index in [2.05, 4.69) is 10.2 Å². The number of amides is 1. The van der Waals surface area contributed by atoms with Gasteiger partial charge in [-0.1, -0.05) is 48.5 Å². The van der Waals surface area contributed by atoms with Crippen LogP contribution in [0.4, 0.5) is 18.9 Å². The van der Waals surface area contributed by atoms with Crippen LogP contribution in [-0.4, -0.2) is 27.0 Å². The highest BCUT2D eigenvalue weighted by Gasteiger charge is 2.64. The number of aromatic nitrogens is 2. The fourth-order valence-corrected chi connectivity index (χ4v) is 5.15. The first-order valence-corrected chi connectivity index (χ1v) is 11.7. The highest BCUT2D eigenvalue weighted by Crippen LogP contribution is 2.54. The van der Waals surface area contributed by atoms with Crippen molar-refractivity contribution in [1.29, 1.82) is 0 Å². The molecule has 3 heterocycles. The third kappa shape index (κ3) is 3.37. The second-order valence-corrected chi connectivity index (χ2v) is 9.08. The number of halogens is 3. The number of alkyl halides is 3. The lowest BCUT2D eigenvalue weighted by atomic mass is 9.76. The summed E-state index contributed by atoms with van der Waals surface area (Å²) in [4.78, 5) is 14.2. The molecule has 0 saturated carbocycles. The molecule has 0 aliphatic carbocycles. The van der Waals surface area contributed by atoms with Gasteiger partial charge >= 0.3 is 6.18 Å². The molecule has 0 fully saturated rings. The van der Waals surface area contributed by atoms with Crippen LogP contribution in [0.15, 0.2) is 90.0 Å². The minimum Gasteiger partial charge on any atom is -0.453 e. The molecule has 0 N–H and O–H groups in total. The fraction of sp³-hybridized carbons (Fsp3) is 0.179. The van der Waals surface area contributed by atoms with E-state index in [4.69, 9.17) is 4.74 Å². The van der Waals surface area contributed by atoms with E-state index in [0.29, 0.717) is 34.1 Å². The number of hydrogen-bond donors (Lipinski definition) is 0. The largest absolute Gasteiger partial charge is 0.453 e. The Morgan fingerprint density at radius 2 is 1.46 bits per heavy atom. The summed E-state index contributed by atoms with van der Waals surface area (Å²) in [6.45, 7) is 3.51. The number of aryl methyl sites for hydroxylation is 1. The predicted molar refractivity (Wildman–Crippen MR) is 132 cm³/mol. The first-order chi connectivity index (χ1) is 17.7. The Balaban J connectivity index is 1.55. The number of carbonyl (C=O) groups is 1. The number of hydrogen-bond acceptors (Lipinski definition) is 4. The van der Waals surface area contributed by atoms with Crippen LogP contribution in [0.5, 0.6) is 5.88 Å². The molecule has 3 aromatic carbocycles. The number of anilines is 1. The molecule has 37 heavy (non-hydrogen) atoms. The van der Waals surface area contributed by atoms with Crippen LogP contribution in [0.25, 0.3) is 5.69 Å². The van der Waals surface area contributed by atoms with Crippen LogP contribution in [0.1, 0.15) is 35.2 Å². The molecule has 6 nitrogen and oxygen atoms in total. The maximum atomic E-state index is 14.2. The maximum Gasteiger partial charge on any atom is 0.416 e. The molecule has 2 unspecified atom stereocenters. The van der Waals surface area contributed by atoms with Gasteiger partial charge in [-0.15, -0.1) is 0 Å². The van der Waals surface area contributed by atoms with Crippen molar-refractivity contribution in [2.45, 2.75) is 31.5 Å². The summed E-state index contributed by atoms with van der Waals surface area (Å²) in [5.74, 6) is -0.810. The van der Waals surface area contributed by atoms with E-state index >= 15 is 0 Å². The number of ether oxygens (including phenoxy) is 1. The third-order valence-electron chi connectivity index (χ3n) is 6.89. The Morgan fingerprint density at radius 3 is 2.05 bits per heavy atom. The standard InChI is InChI=1S/C28H21F3N4O2/c1-17-23-24(19-13-15-20(16-14-19)28(29,30)31)27(37-25(23)34(32-17)21-9-5-3-6-10-21)18(2)33-35(26(27)36)22-11-7-4-8-12-22/h3-16,24H,1-2H3. The van der Waals surface area contributed by atoms with Crippen molar-refractivity contribution in [3.05, 3.63) is 107 Å². The summed E-state index contributed by atoms with van der Waals surface area (Å²) in [6, 6.07) is 23.1. The van der Waals surface area contributed by atoms with Crippen molar-refractivity contribution >= 4 is 17.3 Å². The SMILES string of the molecule is CC1=NN(c2ccccc2)C(=O)C12Oc1c(c(C)nn1-c1ccccc1)C2c1ccc(C(F)(F)F)cc1. The summed E-state index contributed by atoms with van der Waals surface area (Å²) < 4.78 is 48.2. The van der Waals surface area contributed by atoms with Crippen LogP contribution >= 0.6 is 0 Å². The Labute approximate surface area is 210 Å². The molecular weight excluding hydrogens is 481 g/mol. The summed E-state index contributed by atoms with van der Waals surface area (Å²) >= 11 is 0. The van der Waals surface area contributed by atoms with Gasteiger partial charge in [0.15, 0.2) is 0 Å². The highest BCUT2D eigenvalue weighted by atomic mass is 19.4. The van der Waals surface area contributed by atoms with Gasteiger partial charge < -0.3 is 4.74 Å². The van der Waals surface area contributed by atoms with Gasteiger partial charge in [-0.05, 0) is 55.8 Å². The number of fused-ring (bicyclic) bond motifs is 1. The van der Waals surface area contributed by atoms with Crippen molar-refractivity contribution in [3.8, 4) is 11.6 Å². The molecule has 2 atom stereocenters. The zero-order valence-electron chi connectivity index (χ0n) is 19.9. The molecular formula is C28H21F3N4O2. The lowest BCUT2D eigenvalue weighted by Crippen LogP contribution is -2.53. The fourth-order valence-electron chi connectivity index (χ4n) is 5.15. The predicted octanol–water partition coefficient (Wildman–Crippen LogP) is 5.89. The van der Waals surface area contributed by atoms with E-state index in [1.807, 2.05) is 36.4 Å². The number of rotatable bonds is 3. The zero-order chi connectivity index (χ0) is 25.9. The van der Waals surface area contributed by atoms with Gasteiger partial charge in [0, 0.05) is 5.56 Å². The zero-order valence-corrected chi connectivity index (χ0v) is 19.9. The molecule has 1 aromatic heterocycles. The minimum absolute atomic E-state index is 0.367. The molecule has 1 spiro atoms. The Kier molecular flexibility index (Phi) is 5.01. The molecule has 4 aromatic rings. The number of nitrogens with zero attached hydrogens (tertiary/aromatic N) is 4. The van der Waals surface area contributed by atoms with Gasteiger partial charge in [0.25, 0.3) is 5.91 Å². The number of para-hydroxylation sites is 2. The molecule has 186 valence electrons. The van der Waals surface area contributed by atoms with Gasteiger partial charge in [0.1, 0.15) is 0 Å². The monoisotopic (exact) mass is 502 g/mol. The van der Waals surface area contributed by atoms with Crippen molar-refractivity contribution in [1.82, 2.24) is 9.78 Å². The van der Waals surface area contributed by atoms with Crippen LogP contribution in [-0.2, 0) is 11.0 Å². The Morgan fingerprint density at radius 1 is 0.865 bits per heavy atom. The average Bonchev–Trinajstić information content (AvgIpc) is 3.50. The van der Waals surface area contributed by atoms with Crippen molar-refractivity contribution in [3.63, 3.8) is 0 Å². The topological polar surface area (TPSA) is 59.7 Å². The quantitative estimate of drug-likeness (QED) is 0.351. The first-order valence-electron chi connectivity index (χ1n) is 11.7. The molecule has 0 radical (unpaired) electrons. The van der Waals surface area contributed by atoms with Crippen LogP contribution < -0.4 is 9.75 Å². The highest BCUT2D eigenvalue weighted by molar-refractivity contribution is 6.23. The minimum atomic E-state index is -4.48. The molecule has 0 saturated heterocycles. The van der Waals surface area contributed by atoms with E-state index in [0.717, 1.165) is 17.8 Å². The summed E-state index contributed by atoms with van der Waals surface area (Å²) in [6.07, 6.45) is -4.48. The first kappa shape index (κ1) is 23.0. The van der Waals surface area contributed by atoms with E-state index < -0.39 is 29.2 Å². The van der Waals surface area contributed by atoms with E-state index in [9.17, 15) is 18.0 Å². The van der Waals surface area contributed by atoms with Crippen LogP contribution in [0, 0.1) is 6.92 Å². The van der Waals surface area contributed by atoms with Gasteiger partial charge in [0.05, 0.1) is 34.3 Å². The summed E-state index contributed by atoms with van der Waals surface area (Å²) in [5.41, 5.74) is 1.11. The second-order valence-electron chi connectivity index (χ2n) is 9.08.